The predicted molar refractivity (Wildman–Crippen MR) is 211 cm³/mol. The van der Waals surface area contributed by atoms with Crippen LogP contribution in [-0.4, -0.2) is 94.3 Å². The summed E-state index contributed by atoms with van der Waals surface area (Å²) >= 11 is 0. The van der Waals surface area contributed by atoms with Gasteiger partial charge in [-0.15, -0.1) is 0 Å². The first-order valence-electron chi connectivity index (χ1n) is 20.7. The van der Waals surface area contributed by atoms with Crippen LogP contribution in [0.3, 0.4) is 0 Å². The first kappa shape index (κ1) is 47.4. The van der Waals surface area contributed by atoms with Gasteiger partial charge in [0.2, 0.25) is 12.6 Å². The van der Waals surface area contributed by atoms with Gasteiger partial charge in [-0.25, -0.2) is 0 Å². The van der Waals surface area contributed by atoms with Crippen LogP contribution in [0.1, 0.15) is 110 Å². The minimum absolute atomic E-state index is 0.0825. The summed E-state index contributed by atoms with van der Waals surface area (Å²) in [6.07, 6.45) is -1.36. The highest BCUT2D eigenvalue weighted by atomic mass is 16.7. The summed E-state index contributed by atoms with van der Waals surface area (Å²) in [5.74, 6) is -1.01. The SMILES string of the molecule is CCCC(CCC)C(=O)O[C@H]1O[C@H](CC)[C@@H](C)[C@H](OCc2ccccc2)[C@H]1OCc1ccccc1.CCCC(CCC)C(=O)O[C@H]1O[C@H](CO)[C@@H](O)[C@H](O)[C@H]1O. The van der Waals surface area contributed by atoms with Crippen LogP contribution < -0.4 is 0 Å². The smallest absolute Gasteiger partial charge is 0.311 e. The van der Waals surface area contributed by atoms with E-state index in [1.807, 2.05) is 62.4 Å². The maximum Gasteiger partial charge on any atom is 0.311 e. The molecule has 2 aliphatic rings. The fourth-order valence-corrected chi connectivity index (χ4v) is 7.30. The minimum Gasteiger partial charge on any atom is -0.433 e. The second-order valence-corrected chi connectivity index (χ2v) is 15.0. The summed E-state index contributed by atoms with van der Waals surface area (Å²) in [7, 11) is 0. The van der Waals surface area contributed by atoms with E-state index >= 15 is 0 Å². The van der Waals surface area contributed by atoms with Crippen LogP contribution >= 0.6 is 0 Å². The van der Waals surface area contributed by atoms with Crippen molar-refractivity contribution in [3.8, 4) is 0 Å². The van der Waals surface area contributed by atoms with Crippen LogP contribution in [0.25, 0.3) is 0 Å². The quantitative estimate of drug-likeness (QED) is 0.112. The average Bonchev–Trinajstić information content (AvgIpc) is 3.21. The van der Waals surface area contributed by atoms with Gasteiger partial charge < -0.3 is 48.8 Å². The number of hydrogen-bond acceptors (Lipinski definition) is 12. The van der Waals surface area contributed by atoms with Gasteiger partial charge in [0.1, 0.15) is 30.5 Å². The topological polar surface area (TPSA) is 170 Å². The zero-order valence-corrected chi connectivity index (χ0v) is 34.2. The molecule has 12 heteroatoms. The third-order valence-electron chi connectivity index (χ3n) is 10.5. The number of aliphatic hydroxyl groups is 4. The van der Waals surface area contributed by atoms with Gasteiger partial charge in [-0.05, 0) is 43.2 Å². The molecule has 2 aromatic carbocycles. The third kappa shape index (κ3) is 14.2. The van der Waals surface area contributed by atoms with E-state index in [1.54, 1.807) is 0 Å². The van der Waals surface area contributed by atoms with Gasteiger partial charge >= 0.3 is 11.9 Å². The molecule has 0 bridgehead atoms. The summed E-state index contributed by atoms with van der Waals surface area (Å²) in [6, 6.07) is 20.2. The second-order valence-electron chi connectivity index (χ2n) is 15.0. The highest BCUT2D eigenvalue weighted by Gasteiger charge is 2.48. The Hall–Kier alpha value is -2.94. The molecular weight excluding hydrogens is 720 g/mol. The maximum absolute atomic E-state index is 13.2. The van der Waals surface area contributed by atoms with Crippen molar-refractivity contribution in [1.82, 2.24) is 0 Å². The van der Waals surface area contributed by atoms with Gasteiger partial charge in [0.05, 0.1) is 43.9 Å². The van der Waals surface area contributed by atoms with Crippen molar-refractivity contribution in [3.63, 3.8) is 0 Å². The van der Waals surface area contributed by atoms with Gasteiger partial charge in [0.25, 0.3) is 0 Å². The number of hydrogen-bond donors (Lipinski definition) is 4. The number of carbonyl (C=O) groups is 2. The van der Waals surface area contributed by atoms with Crippen molar-refractivity contribution in [2.75, 3.05) is 6.61 Å². The fourth-order valence-electron chi connectivity index (χ4n) is 7.30. The van der Waals surface area contributed by atoms with Gasteiger partial charge in [0.15, 0.2) is 0 Å². The molecule has 10 atom stereocenters. The van der Waals surface area contributed by atoms with Crippen LogP contribution in [-0.2, 0) is 51.2 Å². The predicted octanol–water partition coefficient (Wildman–Crippen LogP) is 6.23. The number of ether oxygens (including phenoxy) is 6. The normalized spacial score (nSPS) is 27.7. The molecule has 2 heterocycles. The van der Waals surface area contributed by atoms with E-state index in [-0.39, 0.29) is 35.9 Å². The number of rotatable bonds is 20. The molecule has 2 fully saturated rings. The Bertz CT molecular complexity index is 1350. The Kier molecular flexibility index (Phi) is 21.5. The molecule has 0 saturated carbocycles. The number of esters is 2. The van der Waals surface area contributed by atoms with Crippen molar-refractivity contribution >= 4 is 11.9 Å². The molecule has 56 heavy (non-hydrogen) atoms. The zero-order valence-electron chi connectivity index (χ0n) is 34.2. The van der Waals surface area contributed by atoms with Crippen molar-refractivity contribution in [2.24, 2.45) is 17.8 Å². The van der Waals surface area contributed by atoms with E-state index < -0.39 is 55.7 Å². The first-order valence-corrected chi connectivity index (χ1v) is 20.7. The number of carbonyl (C=O) groups excluding carboxylic acids is 2. The van der Waals surface area contributed by atoms with Crippen LogP contribution in [0.4, 0.5) is 0 Å². The molecule has 0 unspecified atom stereocenters. The Morgan fingerprint density at radius 3 is 1.46 bits per heavy atom. The van der Waals surface area contributed by atoms with Crippen LogP contribution in [0.15, 0.2) is 60.7 Å². The van der Waals surface area contributed by atoms with Crippen LogP contribution in [0.2, 0.25) is 0 Å². The lowest BCUT2D eigenvalue weighted by atomic mass is 9.88. The Labute approximate surface area is 333 Å². The molecule has 0 spiro atoms. The molecule has 12 nitrogen and oxygen atoms in total. The highest BCUT2D eigenvalue weighted by Crippen LogP contribution is 2.34. The highest BCUT2D eigenvalue weighted by molar-refractivity contribution is 5.73. The Balaban J connectivity index is 0.000000342. The number of aliphatic hydroxyl groups excluding tert-OH is 4. The molecule has 2 aliphatic heterocycles. The lowest BCUT2D eigenvalue weighted by Gasteiger charge is -2.45. The van der Waals surface area contributed by atoms with Crippen LogP contribution in [0, 0.1) is 17.8 Å². The monoisotopic (exact) mass is 788 g/mol. The largest absolute Gasteiger partial charge is 0.433 e. The van der Waals surface area contributed by atoms with Gasteiger partial charge in [-0.3, -0.25) is 9.59 Å². The van der Waals surface area contributed by atoms with Crippen molar-refractivity contribution in [3.05, 3.63) is 71.8 Å². The third-order valence-corrected chi connectivity index (χ3v) is 10.5. The summed E-state index contributed by atoms with van der Waals surface area (Å²) in [4.78, 5) is 25.3. The molecular formula is C44H68O12. The molecule has 0 aliphatic carbocycles. The van der Waals surface area contributed by atoms with Gasteiger partial charge in [0, 0.05) is 5.92 Å². The second kappa shape index (κ2) is 25.4. The van der Waals surface area contributed by atoms with Crippen molar-refractivity contribution in [2.45, 2.75) is 168 Å². The van der Waals surface area contributed by atoms with E-state index in [9.17, 15) is 24.9 Å². The Morgan fingerprint density at radius 2 is 1.04 bits per heavy atom. The van der Waals surface area contributed by atoms with Crippen molar-refractivity contribution in [1.29, 1.82) is 0 Å². The summed E-state index contributed by atoms with van der Waals surface area (Å²) in [5.41, 5.74) is 2.15. The summed E-state index contributed by atoms with van der Waals surface area (Å²) in [5, 5.41) is 38.2. The average molecular weight is 789 g/mol. The lowest BCUT2D eigenvalue weighted by Crippen LogP contribution is -2.59. The summed E-state index contributed by atoms with van der Waals surface area (Å²) < 4.78 is 35.6. The number of benzene rings is 2. The lowest BCUT2D eigenvalue weighted by molar-refractivity contribution is -0.296. The maximum atomic E-state index is 13.2. The first-order chi connectivity index (χ1) is 27.0. The fraction of sp³-hybridized carbons (Fsp3) is 0.682. The standard InChI is InChI=1S/C30H42O5.C14H26O7/c1-5-14-25(15-6-2)29(31)35-30-28(33-21-24-18-12-9-13-19-24)27(22(4)26(7-3)34-30)32-20-23-16-10-8-11-17-23;1-3-5-8(6-4-2)13(19)21-14-12(18)11(17)10(16)9(7-15)20-14/h8-13,16-19,22,25-28,30H,5-7,14-15,20-21H2,1-4H3;8-12,14-18H,3-7H2,1-2H3/t22-,26-,27+,28-,30-;9-,10-,11+,12-,14-/m11/s1. The van der Waals surface area contributed by atoms with E-state index in [4.69, 9.17) is 33.5 Å². The minimum atomic E-state index is -1.55. The van der Waals surface area contributed by atoms with E-state index in [2.05, 4.69) is 39.8 Å². The van der Waals surface area contributed by atoms with Gasteiger partial charge in [-0.1, -0.05) is 128 Å². The van der Waals surface area contributed by atoms with E-state index in [1.165, 1.54) is 0 Å². The molecule has 2 aromatic rings. The molecule has 316 valence electrons. The van der Waals surface area contributed by atoms with Crippen molar-refractivity contribution < 1.29 is 58.4 Å². The van der Waals surface area contributed by atoms with Gasteiger partial charge in [-0.2, -0.15) is 0 Å². The summed E-state index contributed by atoms with van der Waals surface area (Å²) in [6.45, 7) is 12.7. The molecule has 4 N–H and O–H groups in total. The Morgan fingerprint density at radius 1 is 0.607 bits per heavy atom. The molecule has 0 amide bonds. The molecule has 4 rings (SSSR count). The molecule has 2 saturated heterocycles. The molecule has 0 radical (unpaired) electrons. The van der Waals surface area contributed by atoms with Crippen LogP contribution in [0.5, 0.6) is 0 Å². The van der Waals surface area contributed by atoms with E-state index in [0.717, 1.165) is 56.1 Å². The van der Waals surface area contributed by atoms with E-state index in [0.29, 0.717) is 26.1 Å². The zero-order chi connectivity index (χ0) is 41.0. The molecule has 0 aromatic heterocycles.